The minimum Gasteiger partial charge on any atom is -0.489 e. The molecular weight excluding hydrogens is 450 g/mol. The van der Waals surface area contributed by atoms with Crippen molar-refractivity contribution in [2.24, 2.45) is 0 Å². The number of hydrogen-bond acceptors (Lipinski definition) is 7. The highest BCUT2D eigenvalue weighted by Gasteiger charge is 2.21. The molecule has 2 amide bonds. The Balaban J connectivity index is 1.73. The molecule has 0 aliphatic rings. The molecule has 33 heavy (non-hydrogen) atoms. The zero-order valence-corrected chi connectivity index (χ0v) is 18.2. The van der Waals surface area contributed by atoms with Crippen LogP contribution in [0, 0.1) is 10.1 Å². The highest BCUT2D eigenvalue weighted by Crippen LogP contribution is 2.23. The van der Waals surface area contributed by atoms with Crippen LogP contribution in [0.2, 0.25) is 0 Å². The fourth-order valence-electron chi connectivity index (χ4n) is 2.85. The first kappa shape index (κ1) is 23.4. The molecule has 170 valence electrons. The van der Waals surface area contributed by atoms with Crippen LogP contribution in [0.1, 0.15) is 22.8 Å². The summed E-state index contributed by atoms with van der Waals surface area (Å²) in [6, 6.07) is 17.8. The molecule has 0 atom stereocenters. The summed E-state index contributed by atoms with van der Waals surface area (Å²) < 4.78 is 32.3. The van der Waals surface area contributed by atoms with E-state index in [4.69, 9.17) is 4.74 Å². The molecule has 3 aromatic rings. The number of nitrogens with zero attached hydrogens (tertiary/aromatic N) is 1. The molecule has 0 bridgehead atoms. The van der Waals surface area contributed by atoms with Gasteiger partial charge >= 0.3 is 0 Å². The van der Waals surface area contributed by atoms with Crippen molar-refractivity contribution >= 4 is 33.2 Å². The van der Waals surface area contributed by atoms with Crippen LogP contribution in [0.3, 0.4) is 0 Å². The Hall–Kier alpha value is -4.25. The van der Waals surface area contributed by atoms with Crippen LogP contribution < -0.4 is 14.8 Å². The Labute approximate surface area is 189 Å². The normalized spacial score (nSPS) is 10.8. The molecule has 0 aliphatic heterocycles. The van der Waals surface area contributed by atoms with Crippen molar-refractivity contribution in [3.8, 4) is 5.75 Å². The van der Waals surface area contributed by atoms with E-state index in [-0.39, 0.29) is 28.4 Å². The van der Waals surface area contributed by atoms with Gasteiger partial charge in [0, 0.05) is 24.6 Å². The summed E-state index contributed by atoms with van der Waals surface area (Å²) in [5.74, 6) is -0.963. The van der Waals surface area contributed by atoms with Crippen molar-refractivity contribution in [3.63, 3.8) is 0 Å². The number of carbonyl (C=O) groups is 2. The third kappa shape index (κ3) is 6.14. The number of anilines is 1. The largest absolute Gasteiger partial charge is 0.489 e. The van der Waals surface area contributed by atoms with Gasteiger partial charge in [-0.3, -0.25) is 19.7 Å². The van der Waals surface area contributed by atoms with Crippen LogP contribution in [0.5, 0.6) is 5.75 Å². The van der Waals surface area contributed by atoms with Crippen molar-refractivity contribution in [2.75, 3.05) is 5.32 Å². The van der Waals surface area contributed by atoms with E-state index in [9.17, 15) is 28.1 Å². The Morgan fingerprint density at radius 3 is 2.36 bits per heavy atom. The van der Waals surface area contributed by atoms with Crippen molar-refractivity contribution in [3.05, 3.63) is 94.0 Å². The second kappa shape index (κ2) is 9.92. The lowest BCUT2D eigenvalue weighted by atomic mass is 10.2. The maximum Gasteiger partial charge on any atom is 0.269 e. The Bertz CT molecular complexity index is 1310. The molecule has 0 saturated heterocycles. The predicted molar refractivity (Wildman–Crippen MR) is 119 cm³/mol. The summed E-state index contributed by atoms with van der Waals surface area (Å²) in [6.07, 6.45) is 0. The van der Waals surface area contributed by atoms with E-state index < -0.39 is 26.8 Å². The fourth-order valence-corrected chi connectivity index (χ4v) is 4.01. The van der Waals surface area contributed by atoms with E-state index in [0.717, 1.165) is 6.92 Å². The van der Waals surface area contributed by atoms with E-state index in [2.05, 4.69) is 5.32 Å². The smallest absolute Gasteiger partial charge is 0.269 e. The monoisotopic (exact) mass is 469 g/mol. The van der Waals surface area contributed by atoms with Crippen molar-refractivity contribution < 1.29 is 27.7 Å². The van der Waals surface area contributed by atoms with Crippen LogP contribution in [0.4, 0.5) is 11.4 Å². The molecule has 3 aromatic carbocycles. The maximum absolute atomic E-state index is 12.7. The zero-order valence-electron chi connectivity index (χ0n) is 17.3. The number of hydrogen-bond donors (Lipinski definition) is 2. The quantitative estimate of drug-likeness (QED) is 0.380. The molecule has 0 fully saturated rings. The maximum atomic E-state index is 12.7. The van der Waals surface area contributed by atoms with Crippen molar-refractivity contribution in [1.82, 2.24) is 4.72 Å². The van der Waals surface area contributed by atoms with Crippen LogP contribution in [-0.4, -0.2) is 25.2 Å². The average molecular weight is 469 g/mol. The molecule has 3 rings (SSSR count). The number of benzene rings is 3. The molecule has 0 heterocycles. The SMILES string of the molecule is CC(=O)NS(=O)(=O)c1ccccc1NC(=O)c1cccc(OCc2ccc([N+](=O)[O-])cc2)c1. The van der Waals surface area contributed by atoms with Crippen LogP contribution in [0.25, 0.3) is 0 Å². The number of nitro benzene ring substituents is 1. The highest BCUT2D eigenvalue weighted by atomic mass is 32.2. The standard InChI is InChI=1S/C22H19N3O7S/c1-15(26)24-33(30,31)21-8-3-2-7-20(21)23-22(27)17-5-4-6-19(13-17)32-14-16-9-11-18(12-10-16)25(28)29/h2-13H,14H2,1H3,(H,23,27)(H,24,26). The van der Waals surface area contributed by atoms with Gasteiger partial charge in [-0.15, -0.1) is 0 Å². The van der Waals surface area contributed by atoms with Gasteiger partial charge in [-0.2, -0.15) is 0 Å². The van der Waals surface area contributed by atoms with E-state index in [1.54, 1.807) is 30.3 Å². The molecule has 11 heteroatoms. The molecule has 0 unspecified atom stereocenters. The summed E-state index contributed by atoms with van der Waals surface area (Å²) in [7, 11) is -4.16. The van der Waals surface area contributed by atoms with Gasteiger partial charge < -0.3 is 10.1 Å². The van der Waals surface area contributed by atoms with Gasteiger partial charge in [-0.25, -0.2) is 13.1 Å². The van der Waals surface area contributed by atoms with E-state index >= 15 is 0 Å². The van der Waals surface area contributed by atoms with Gasteiger partial charge in [0.2, 0.25) is 5.91 Å². The third-order valence-electron chi connectivity index (χ3n) is 4.35. The van der Waals surface area contributed by atoms with Crippen molar-refractivity contribution in [1.29, 1.82) is 0 Å². The number of para-hydroxylation sites is 1. The molecule has 0 radical (unpaired) electrons. The minimum atomic E-state index is -4.16. The minimum absolute atomic E-state index is 0.00783. The van der Waals surface area contributed by atoms with Crippen molar-refractivity contribution in [2.45, 2.75) is 18.4 Å². The first-order valence-electron chi connectivity index (χ1n) is 9.56. The Kier molecular flexibility index (Phi) is 7.04. The molecule has 0 aliphatic carbocycles. The van der Waals surface area contributed by atoms with Crippen LogP contribution in [0.15, 0.2) is 77.7 Å². The van der Waals surface area contributed by atoms with Crippen LogP contribution in [-0.2, 0) is 21.4 Å². The van der Waals surface area contributed by atoms with E-state index in [0.29, 0.717) is 11.3 Å². The topological polar surface area (TPSA) is 145 Å². The van der Waals surface area contributed by atoms with Gasteiger partial charge in [-0.1, -0.05) is 18.2 Å². The first-order chi connectivity index (χ1) is 15.7. The molecule has 0 spiro atoms. The van der Waals surface area contributed by atoms with E-state index in [1.165, 1.54) is 42.5 Å². The van der Waals surface area contributed by atoms with E-state index in [1.807, 2.05) is 4.72 Å². The molecular formula is C22H19N3O7S. The van der Waals surface area contributed by atoms with Gasteiger partial charge in [-0.05, 0) is 48.0 Å². The number of non-ortho nitro benzene ring substituents is 1. The number of carbonyl (C=O) groups excluding carboxylic acids is 2. The summed E-state index contributed by atoms with van der Waals surface area (Å²) in [5.41, 5.74) is 0.891. The number of amides is 2. The molecule has 0 saturated carbocycles. The average Bonchev–Trinajstić information content (AvgIpc) is 2.77. The number of nitrogens with one attached hydrogen (secondary N) is 2. The van der Waals surface area contributed by atoms with Gasteiger partial charge in [0.15, 0.2) is 0 Å². The van der Waals surface area contributed by atoms with Gasteiger partial charge in [0.1, 0.15) is 17.3 Å². The van der Waals surface area contributed by atoms with Gasteiger partial charge in [0.25, 0.3) is 21.6 Å². The number of rotatable bonds is 8. The molecule has 0 aromatic heterocycles. The third-order valence-corrected chi connectivity index (χ3v) is 5.84. The molecule has 2 N–H and O–H groups in total. The van der Waals surface area contributed by atoms with Gasteiger partial charge in [0.05, 0.1) is 10.6 Å². The predicted octanol–water partition coefficient (Wildman–Crippen LogP) is 3.25. The Morgan fingerprint density at radius 2 is 1.70 bits per heavy atom. The van der Waals surface area contributed by atoms with Crippen LogP contribution >= 0.6 is 0 Å². The zero-order chi connectivity index (χ0) is 24.0. The summed E-state index contributed by atoms with van der Waals surface area (Å²) in [4.78, 5) is 33.9. The molecule has 10 nitrogen and oxygen atoms in total. The fraction of sp³-hybridized carbons (Fsp3) is 0.0909. The first-order valence-corrected chi connectivity index (χ1v) is 11.0. The number of nitro groups is 1. The number of sulfonamides is 1. The second-order valence-electron chi connectivity index (χ2n) is 6.85. The Morgan fingerprint density at radius 1 is 1.00 bits per heavy atom. The lowest BCUT2D eigenvalue weighted by molar-refractivity contribution is -0.384. The number of ether oxygens (including phenoxy) is 1. The summed E-state index contributed by atoms with van der Waals surface area (Å²) >= 11 is 0. The lowest BCUT2D eigenvalue weighted by Crippen LogP contribution is -2.29. The lowest BCUT2D eigenvalue weighted by Gasteiger charge is -2.12. The second-order valence-corrected chi connectivity index (χ2v) is 8.50. The highest BCUT2D eigenvalue weighted by molar-refractivity contribution is 7.90. The summed E-state index contributed by atoms with van der Waals surface area (Å²) in [5, 5.41) is 13.3. The summed E-state index contributed by atoms with van der Waals surface area (Å²) in [6.45, 7) is 1.20.